The number of esters is 1. The van der Waals surface area contributed by atoms with Gasteiger partial charge >= 0.3 is 5.97 Å². The lowest BCUT2D eigenvalue weighted by molar-refractivity contribution is 0.0500. The number of carbonyl (C=O) groups is 1. The van der Waals surface area contributed by atoms with Gasteiger partial charge in [0.25, 0.3) is 10.0 Å². The first kappa shape index (κ1) is 21.0. The van der Waals surface area contributed by atoms with Crippen molar-refractivity contribution in [2.75, 3.05) is 11.3 Å². The molecule has 2 rings (SSSR count). The van der Waals surface area contributed by atoms with Crippen LogP contribution >= 0.6 is 0 Å². The van der Waals surface area contributed by atoms with Crippen LogP contribution in [0.2, 0.25) is 0 Å². The number of sulfonamides is 1. The Labute approximate surface area is 161 Å². The van der Waals surface area contributed by atoms with E-state index in [9.17, 15) is 13.2 Å². The summed E-state index contributed by atoms with van der Waals surface area (Å²) in [6.45, 7) is 4.53. The molecule has 27 heavy (non-hydrogen) atoms. The molecule has 0 bridgehead atoms. The standard InChI is InChI=1S/C21H27NO4S/c1-3-5-7-17-8-14-20(15-9-17)27(24,25)22-19-12-10-18(11-13-19)21(23)26-16-6-4-2/h8-15,22H,3-7,16H2,1-2H3. The van der Waals surface area contributed by atoms with Gasteiger partial charge in [0, 0.05) is 5.69 Å². The number of carbonyl (C=O) groups excluding carboxylic acids is 1. The highest BCUT2D eigenvalue weighted by atomic mass is 32.2. The van der Waals surface area contributed by atoms with E-state index in [1.165, 1.54) is 0 Å². The Morgan fingerprint density at radius 1 is 0.926 bits per heavy atom. The highest BCUT2D eigenvalue weighted by Crippen LogP contribution is 2.18. The van der Waals surface area contributed by atoms with Crippen LogP contribution in [0.3, 0.4) is 0 Å². The largest absolute Gasteiger partial charge is 0.462 e. The van der Waals surface area contributed by atoms with Gasteiger partial charge in [0.2, 0.25) is 0 Å². The van der Waals surface area contributed by atoms with Crippen LogP contribution in [-0.2, 0) is 21.2 Å². The number of ether oxygens (including phenoxy) is 1. The summed E-state index contributed by atoms with van der Waals surface area (Å²) in [5.41, 5.74) is 1.92. The number of hydrogen-bond acceptors (Lipinski definition) is 4. The number of unbranched alkanes of at least 4 members (excludes halogenated alkanes) is 2. The molecule has 0 aliphatic carbocycles. The smallest absolute Gasteiger partial charge is 0.338 e. The van der Waals surface area contributed by atoms with E-state index in [1.54, 1.807) is 36.4 Å². The minimum absolute atomic E-state index is 0.214. The fourth-order valence-electron chi connectivity index (χ4n) is 2.50. The molecule has 0 unspecified atom stereocenters. The molecule has 0 saturated carbocycles. The van der Waals surface area contributed by atoms with E-state index in [4.69, 9.17) is 4.74 Å². The first-order valence-electron chi connectivity index (χ1n) is 9.35. The first-order chi connectivity index (χ1) is 13.0. The number of benzene rings is 2. The maximum absolute atomic E-state index is 12.5. The van der Waals surface area contributed by atoms with Gasteiger partial charge in [0.15, 0.2) is 0 Å². The molecule has 0 aliphatic rings. The van der Waals surface area contributed by atoms with E-state index >= 15 is 0 Å². The molecule has 0 fully saturated rings. The Bertz CT molecular complexity index is 827. The Hall–Kier alpha value is -2.34. The lowest BCUT2D eigenvalue weighted by atomic mass is 10.1. The molecule has 5 nitrogen and oxygen atoms in total. The molecule has 1 N–H and O–H groups in total. The van der Waals surface area contributed by atoms with Gasteiger partial charge in [-0.2, -0.15) is 0 Å². The summed E-state index contributed by atoms with van der Waals surface area (Å²) in [7, 11) is -3.67. The van der Waals surface area contributed by atoms with Crippen molar-refractivity contribution >= 4 is 21.7 Å². The SMILES string of the molecule is CCCCOC(=O)c1ccc(NS(=O)(=O)c2ccc(CCCC)cc2)cc1. The van der Waals surface area contributed by atoms with Crippen LogP contribution in [-0.4, -0.2) is 21.0 Å². The fraction of sp³-hybridized carbons (Fsp3) is 0.381. The summed E-state index contributed by atoms with van der Waals surface area (Å²) >= 11 is 0. The molecule has 0 radical (unpaired) electrons. The number of hydrogen-bond donors (Lipinski definition) is 1. The van der Waals surface area contributed by atoms with Gasteiger partial charge in [-0.05, 0) is 61.2 Å². The third-order valence-corrected chi connectivity index (χ3v) is 5.55. The van der Waals surface area contributed by atoms with Crippen LogP contribution in [0, 0.1) is 0 Å². The summed E-state index contributed by atoms with van der Waals surface area (Å²) in [5, 5.41) is 0. The summed E-state index contributed by atoms with van der Waals surface area (Å²) < 4.78 is 32.7. The average molecular weight is 390 g/mol. The van der Waals surface area contributed by atoms with Crippen molar-refractivity contribution < 1.29 is 17.9 Å². The summed E-state index contributed by atoms with van der Waals surface area (Å²) in [6, 6.07) is 13.2. The van der Waals surface area contributed by atoms with Crippen molar-refractivity contribution in [3.63, 3.8) is 0 Å². The highest BCUT2D eigenvalue weighted by Gasteiger charge is 2.15. The molecule has 146 valence electrons. The van der Waals surface area contributed by atoms with Crippen LogP contribution in [0.15, 0.2) is 53.4 Å². The zero-order chi connectivity index (χ0) is 19.7. The minimum Gasteiger partial charge on any atom is -0.462 e. The van der Waals surface area contributed by atoms with Crippen LogP contribution in [0.1, 0.15) is 55.5 Å². The molecule has 2 aromatic rings. The van der Waals surface area contributed by atoms with Crippen molar-refractivity contribution in [3.05, 3.63) is 59.7 Å². The van der Waals surface area contributed by atoms with E-state index in [0.717, 1.165) is 37.7 Å². The van der Waals surface area contributed by atoms with Gasteiger partial charge in [-0.25, -0.2) is 13.2 Å². The number of nitrogens with one attached hydrogen (secondary N) is 1. The number of rotatable bonds is 10. The molecule has 6 heteroatoms. The molecular formula is C21H27NO4S. The Morgan fingerprint density at radius 3 is 2.15 bits per heavy atom. The zero-order valence-electron chi connectivity index (χ0n) is 15.9. The van der Waals surface area contributed by atoms with Gasteiger partial charge in [-0.15, -0.1) is 0 Å². The summed E-state index contributed by atoms with van der Waals surface area (Å²) in [6.07, 6.45) is 4.90. The third-order valence-electron chi connectivity index (χ3n) is 4.16. The lowest BCUT2D eigenvalue weighted by Gasteiger charge is -2.10. The van der Waals surface area contributed by atoms with Gasteiger partial charge < -0.3 is 4.74 Å². The maximum Gasteiger partial charge on any atom is 0.338 e. The van der Waals surface area contributed by atoms with E-state index in [1.807, 2.05) is 19.1 Å². The van der Waals surface area contributed by atoms with Crippen molar-refractivity contribution in [1.82, 2.24) is 0 Å². The first-order valence-corrected chi connectivity index (χ1v) is 10.8. The second-order valence-corrected chi connectivity index (χ2v) is 8.10. The van der Waals surface area contributed by atoms with Crippen molar-refractivity contribution in [3.8, 4) is 0 Å². The fourth-order valence-corrected chi connectivity index (χ4v) is 3.56. The van der Waals surface area contributed by atoms with Gasteiger partial charge in [0.1, 0.15) is 0 Å². The highest BCUT2D eigenvalue weighted by molar-refractivity contribution is 7.92. The summed E-state index contributed by atoms with van der Waals surface area (Å²) in [4.78, 5) is 12.1. The minimum atomic E-state index is -3.67. The van der Waals surface area contributed by atoms with Gasteiger partial charge in [-0.3, -0.25) is 4.72 Å². The second-order valence-electron chi connectivity index (χ2n) is 6.42. The summed E-state index contributed by atoms with van der Waals surface area (Å²) in [5.74, 6) is -0.402. The molecule has 0 saturated heterocycles. The second kappa shape index (κ2) is 10.1. The van der Waals surface area contributed by atoms with Crippen molar-refractivity contribution in [2.45, 2.75) is 50.8 Å². The molecule has 0 aromatic heterocycles. The predicted molar refractivity (Wildman–Crippen MR) is 107 cm³/mol. The molecule has 0 atom stereocenters. The van der Waals surface area contributed by atoms with Crippen LogP contribution in [0.4, 0.5) is 5.69 Å². The van der Waals surface area contributed by atoms with Crippen LogP contribution in [0.25, 0.3) is 0 Å². The van der Waals surface area contributed by atoms with Gasteiger partial charge in [0.05, 0.1) is 17.1 Å². The molecule has 0 spiro atoms. The van der Waals surface area contributed by atoms with Crippen LogP contribution < -0.4 is 4.72 Å². The quantitative estimate of drug-likeness (QED) is 0.468. The predicted octanol–water partition coefficient (Wildman–Crippen LogP) is 4.79. The van der Waals surface area contributed by atoms with E-state index in [-0.39, 0.29) is 4.90 Å². The monoisotopic (exact) mass is 389 g/mol. The Balaban J connectivity index is 2.01. The topological polar surface area (TPSA) is 72.5 Å². The molecule has 0 aliphatic heterocycles. The van der Waals surface area contributed by atoms with Crippen molar-refractivity contribution in [1.29, 1.82) is 0 Å². The van der Waals surface area contributed by atoms with Crippen LogP contribution in [0.5, 0.6) is 0 Å². The molecular weight excluding hydrogens is 362 g/mol. The third kappa shape index (κ3) is 6.40. The van der Waals surface area contributed by atoms with E-state index in [2.05, 4.69) is 11.6 Å². The molecule has 2 aromatic carbocycles. The number of aryl methyl sites for hydroxylation is 1. The van der Waals surface area contributed by atoms with E-state index in [0.29, 0.717) is 17.9 Å². The lowest BCUT2D eigenvalue weighted by Crippen LogP contribution is -2.13. The van der Waals surface area contributed by atoms with E-state index < -0.39 is 16.0 Å². The van der Waals surface area contributed by atoms with Crippen molar-refractivity contribution in [2.24, 2.45) is 0 Å². The Morgan fingerprint density at radius 2 is 1.56 bits per heavy atom. The number of anilines is 1. The normalized spacial score (nSPS) is 11.2. The van der Waals surface area contributed by atoms with Gasteiger partial charge in [-0.1, -0.05) is 38.8 Å². The average Bonchev–Trinajstić information content (AvgIpc) is 2.67. The maximum atomic E-state index is 12.5. The molecule has 0 amide bonds. The Kier molecular flexibility index (Phi) is 7.85. The molecule has 0 heterocycles. The zero-order valence-corrected chi connectivity index (χ0v) is 16.7.